The van der Waals surface area contributed by atoms with Crippen molar-refractivity contribution in [2.45, 2.75) is 25.9 Å². The highest BCUT2D eigenvalue weighted by Crippen LogP contribution is 2.31. The van der Waals surface area contributed by atoms with Crippen LogP contribution in [0.25, 0.3) is 16.8 Å². The lowest BCUT2D eigenvalue weighted by Crippen LogP contribution is -2.51. The van der Waals surface area contributed by atoms with E-state index in [4.69, 9.17) is 9.72 Å². The van der Waals surface area contributed by atoms with Gasteiger partial charge in [-0.2, -0.15) is 0 Å². The maximum Gasteiger partial charge on any atom is 0.223 e. The molecule has 1 N–H and O–H groups in total. The molecule has 3 aromatic rings. The second kappa shape index (κ2) is 10.1. The molecule has 4 heterocycles. The number of hydrogen-bond donors (Lipinski definition) is 1. The van der Waals surface area contributed by atoms with Crippen LogP contribution in [0.2, 0.25) is 0 Å². The quantitative estimate of drug-likeness (QED) is 0.563. The highest BCUT2D eigenvalue weighted by atomic mass is 19.1. The van der Waals surface area contributed by atoms with Crippen LogP contribution in [-0.2, 0) is 13.0 Å². The lowest BCUT2D eigenvalue weighted by Gasteiger charge is -2.40. The van der Waals surface area contributed by atoms with Gasteiger partial charge in [0.2, 0.25) is 5.95 Å². The fourth-order valence-corrected chi connectivity index (χ4v) is 5.01. The highest BCUT2D eigenvalue weighted by Gasteiger charge is 2.25. The lowest BCUT2D eigenvalue weighted by atomic mass is 10.0. The minimum absolute atomic E-state index is 0.229. The van der Waals surface area contributed by atoms with E-state index in [1.54, 1.807) is 25.4 Å². The van der Waals surface area contributed by atoms with Crippen molar-refractivity contribution in [2.24, 2.45) is 0 Å². The van der Waals surface area contributed by atoms with Crippen LogP contribution >= 0.6 is 0 Å². The molecule has 6 rings (SSSR count). The Labute approximate surface area is 206 Å². The molecule has 0 radical (unpaired) electrons. The molecule has 182 valence electrons. The van der Waals surface area contributed by atoms with Crippen LogP contribution in [0.5, 0.6) is 5.75 Å². The molecule has 2 aromatic carbocycles. The average Bonchev–Trinajstić information content (AvgIpc) is 2.85. The largest absolute Gasteiger partial charge is 0.496 e. The Kier molecular flexibility index (Phi) is 6.79. The molecule has 7 heteroatoms. The summed E-state index contributed by atoms with van der Waals surface area (Å²) in [6.07, 6.45) is 2.41. The molecule has 3 aliphatic rings. The summed E-state index contributed by atoms with van der Waals surface area (Å²) < 4.78 is 20.1. The number of benzene rings is 2. The van der Waals surface area contributed by atoms with E-state index in [9.17, 15) is 4.39 Å². The number of aromatic nitrogens is 2. The third-order valence-corrected chi connectivity index (χ3v) is 6.91. The molecule has 3 atom stereocenters. The van der Waals surface area contributed by atoms with Crippen LogP contribution in [0, 0.1) is 5.82 Å². The minimum atomic E-state index is -0.229. The number of nitrogens with one attached hydrogen (secondary N) is 1. The lowest BCUT2D eigenvalue weighted by molar-refractivity contribution is 0.0863. The number of hydrogen-bond acceptors (Lipinski definition) is 6. The summed E-state index contributed by atoms with van der Waals surface area (Å²) in [6, 6.07) is 13.9. The SMILES string of the molecule is C=C1CN2CCN(Cc3ccc(OC)c(c3)-c3ccnc(n3)NCCc3cc(F)cc1c3)[C@@H](C)C2. The fourth-order valence-electron chi connectivity index (χ4n) is 5.01. The standard InChI is InChI=1S/C28H32FN5O/c1-19-16-33-10-11-34(20(2)17-33)18-22-4-5-27(35-3)25(14-22)26-7-9-31-28(32-26)30-8-6-21-12-23(19)15-24(29)13-21/h4-5,7,9,12-15,20H,1,6,8,10-11,16-18H2,2-3H3,(H,30,31,32)/t20-/m0/s1. The molecule has 1 aromatic heterocycles. The number of fused-ring (bicyclic) bond motifs is 5. The molecular weight excluding hydrogens is 441 g/mol. The highest BCUT2D eigenvalue weighted by molar-refractivity contribution is 5.69. The van der Waals surface area contributed by atoms with Crippen LogP contribution in [0.15, 0.2) is 55.2 Å². The van der Waals surface area contributed by atoms with Gasteiger partial charge in [0, 0.05) is 57.1 Å². The van der Waals surface area contributed by atoms with Crippen molar-refractivity contribution in [3.8, 4) is 17.0 Å². The number of methoxy groups -OCH3 is 1. The van der Waals surface area contributed by atoms with E-state index < -0.39 is 0 Å². The second-order valence-corrected chi connectivity index (χ2v) is 9.48. The number of halogens is 1. The molecule has 0 saturated carbocycles. The number of ether oxygens (including phenoxy) is 1. The average molecular weight is 474 g/mol. The Morgan fingerprint density at radius 3 is 2.80 bits per heavy atom. The van der Waals surface area contributed by atoms with E-state index in [-0.39, 0.29) is 5.82 Å². The maximum absolute atomic E-state index is 14.4. The summed E-state index contributed by atoms with van der Waals surface area (Å²) >= 11 is 0. The third-order valence-electron chi connectivity index (χ3n) is 6.91. The molecule has 2 unspecified atom stereocenters. The molecule has 35 heavy (non-hydrogen) atoms. The first-order valence-electron chi connectivity index (χ1n) is 12.2. The number of piperazine rings is 1. The Hall–Kier alpha value is -3.29. The van der Waals surface area contributed by atoms with E-state index in [2.05, 4.69) is 45.7 Å². The minimum Gasteiger partial charge on any atom is -0.496 e. The zero-order valence-corrected chi connectivity index (χ0v) is 20.4. The Bertz CT molecular complexity index is 1230. The van der Waals surface area contributed by atoms with Gasteiger partial charge in [-0.25, -0.2) is 14.4 Å². The Balaban J connectivity index is 1.51. The number of anilines is 1. The van der Waals surface area contributed by atoms with Crippen molar-refractivity contribution in [2.75, 3.05) is 45.2 Å². The van der Waals surface area contributed by atoms with Gasteiger partial charge < -0.3 is 10.1 Å². The molecular formula is C28H32FN5O. The van der Waals surface area contributed by atoms with Crippen LogP contribution in [0.4, 0.5) is 10.3 Å². The van der Waals surface area contributed by atoms with Gasteiger partial charge in [-0.15, -0.1) is 0 Å². The van der Waals surface area contributed by atoms with E-state index in [0.29, 0.717) is 25.0 Å². The van der Waals surface area contributed by atoms with E-state index in [1.165, 1.54) is 5.56 Å². The molecule has 0 spiro atoms. The van der Waals surface area contributed by atoms with E-state index in [0.717, 1.165) is 66.4 Å². The first-order valence-corrected chi connectivity index (χ1v) is 12.2. The smallest absolute Gasteiger partial charge is 0.223 e. The van der Waals surface area contributed by atoms with Gasteiger partial charge in [0.15, 0.2) is 0 Å². The van der Waals surface area contributed by atoms with Gasteiger partial charge in [-0.1, -0.05) is 18.7 Å². The predicted octanol–water partition coefficient (Wildman–Crippen LogP) is 4.48. The second-order valence-electron chi connectivity index (χ2n) is 9.48. The van der Waals surface area contributed by atoms with Crippen molar-refractivity contribution < 1.29 is 9.13 Å². The predicted molar refractivity (Wildman–Crippen MR) is 138 cm³/mol. The van der Waals surface area contributed by atoms with Crippen molar-refractivity contribution in [1.29, 1.82) is 0 Å². The van der Waals surface area contributed by atoms with Gasteiger partial charge in [0.05, 0.1) is 12.8 Å². The molecule has 1 saturated heterocycles. The molecule has 3 aliphatic heterocycles. The van der Waals surface area contributed by atoms with Crippen molar-refractivity contribution >= 4 is 11.5 Å². The van der Waals surface area contributed by atoms with Crippen molar-refractivity contribution in [3.05, 3.63) is 77.7 Å². The summed E-state index contributed by atoms with van der Waals surface area (Å²) in [7, 11) is 1.68. The fraction of sp³-hybridized carbons (Fsp3) is 0.357. The summed E-state index contributed by atoms with van der Waals surface area (Å²) in [5.74, 6) is 1.10. The summed E-state index contributed by atoms with van der Waals surface area (Å²) in [6.45, 7) is 11.6. The van der Waals surface area contributed by atoms with Crippen molar-refractivity contribution in [3.63, 3.8) is 0 Å². The summed E-state index contributed by atoms with van der Waals surface area (Å²) in [4.78, 5) is 14.1. The van der Waals surface area contributed by atoms with Gasteiger partial charge in [0.1, 0.15) is 11.6 Å². The molecule has 0 aliphatic carbocycles. The van der Waals surface area contributed by atoms with Crippen molar-refractivity contribution in [1.82, 2.24) is 19.8 Å². The zero-order chi connectivity index (χ0) is 24.4. The molecule has 1 fully saturated rings. The van der Waals surface area contributed by atoms with Crippen LogP contribution < -0.4 is 10.1 Å². The van der Waals surface area contributed by atoms with Crippen LogP contribution in [0.1, 0.15) is 23.6 Å². The first-order chi connectivity index (χ1) is 17.0. The zero-order valence-electron chi connectivity index (χ0n) is 20.4. The monoisotopic (exact) mass is 473 g/mol. The Morgan fingerprint density at radius 2 is 1.97 bits per heavy atom. The normalized spacial score (nSPS) is 22.5. The van der Waals surface area contributed by atoms with Gasteiger partial charge in [-0.3, -0.25) is 9.80 Å². The van der Waals surface area contributed by atoms with Gasteiger partial charge in [-0.05, 0) is 65.9 Å². The first kappa shape index (κ1) is 23.5. The number of rotatable bonds is 1. The van der Waals surface area contributed by atoms with Crippen LogP contribution in [0.3, 0.4) is 0 Å². The molecule has 6 nitrogen and oxygen atoms in total. The van der Waals surface area contributed by atoms with E-state index in [1.807, 2.05) is 18.2 Å². The molecule has 0 amide bonds. The molecule has 8 bridgehead atoms. The third kappa shape index (κ3) is 5.36. The summed E-state index contributed by atoms with van der Waals surface area (Å²) in [5, 5.41) is 3.29. The number of nitrogens with zero attached hydrogens (tertiary/aromatic N) is 4. The van der Waals surface area contributed by atoms with Gasteiger partial charge in [0.25, 0.3) is 0 Å². The van der Waals surface area contributed by atoms with Crippen LogP contribution in [-0.4, -0.2) is 65.6 Å². The van der Waals surface area contributed by atoms with E-state index >= 15 is 0 Å². The topological polar surface area (TPSA) is 53.5 Å². The summed E-state index contributed by atoms with van der Waals surface area (Å²) in [5.41, 5.74) is 5.73. The van der Waals surface area contributed by atoms with Gasteiger partial charge >= 0.3 is 0 Å². The Morgan fingerprint density at radius 1 is 1.09 bits per heavy atom. The maximum atomic E-state index is 14.4.